The number of amides is 1. The van der Waals surface area contributed by atoms with Crippen LogP contribution in [0.2, 0.25) is 10.0 Å². The first kappa shape index (κ1) is 29.7. The molecular formula is C33H28Cl2N4O4S. The topological polar surface area (TPSA) is 93.5 Å². The van der Waals surface area contributed by atoms with Crippen molar-refractivity contribution in [1.29, 1.82) is 0 Å². The van der Waals surface area contributed by atoms with Crippen LogP contribution in [0, 0.1) is 0 Å². The molecule has 6 rings (SSSR count). The normalized spacial score (nSPS) is 14.1. The largest absolute Gasteiger partial charge is 0.494 e. The highest BCUT2D eigenvalue weighted by Crippen LogP contribution is 2.33. The van der Waals surface area contributed by atoms with Crippen molar-refractivity contribution in [3.8, 4) is 33.8 Å². The molecular weight excluding hydrogens is 619 g/mol. The number of nitrogens with zero attached hydrogens (tertiary/aromatic N) is 3. The van der Waals surface area contributed by atoms with E-state index in [1.165, 1.54) is 0 Å². The number of benzene rings is 4. The van der Waals surface area contributed by atoms with Gasteiger partial charge in [0.2, 0.25) is 0 Å². The summed E-state index contributed by atoms with van der Waals surface area (Å²) in [6, 6.07) is 28.5. The summed E-state index contributed by atoms with van der Waals surface area (Å²) in [6.45, 7) is 2.47. The van der Waals surface area contributed by atoms with Gasteiger partial charge in [0.05, 0.1) is 23.0 Å². The van der Waals surface area contributed by atoms with E-state index in [4.69, 9.17) is 32.9 Å². The van der Waals surface area contributed by atoms with Gasteiger partial charge >= 0.3 is 10.2 Å². The molecule has 2 heterocycles. The number of carbonyl (C=O) groups excluding carboxylic acids is 1. The minimum absolute atomic E-state index is 0.284. The first-order chi connectivity index (χ1) is 21.2. The van der Waals surface area contributed by atoms with E-state index in [0.717, 1.165) is 33.2 Å². The molecule has 44 heavy (non-hydrogen) atoms. The zero-order valence-electron chi connectivity index (χ0n) is 23.7. The fraction of sp³-hybridized carbons (Fsp3) is 0.152. The highest BCUT2D eigenvalue weighted by molar-refractivity contribution is 7.92. The average molecular weight is 648 g/mol. The summed E-state index contributed by atoms with van der Waals surface area (Å²) in [5.41, 5.74) is 5.55. The Bertz CT molecular complexity index is 1960. The fourth-order valence-electron chi connectivity index (χ4n) is 5.05. The summed E-state index contributed by atoms with van der Waals surface area (Å²) in [5, 5.41) is 0.980. The number of rotatable bonds is 9. The van der Waals surface area contributed by atoms with Crippen molar-refractivity contribution in [1.82, 2.24) is 14.3 Å². The SMILES string of the molecule is CCCOc1cccc(-c2ccc(Cc3nc(-c4ccc(Cl)cc4Cl)cn3-c3cccc(N4CC(=O)NS4(=O)=O)c3)cc2)c1. The quantitative estimate of drug-likeness (QED) is 0.185. The monoisotopic (exact) mass is 646 g/mol. The van der Waals surface area contributed by atoms with Gasteiger partial charge in [-0.1, -0.05) is 72.6 Å². The Morgan fingerprint density at radius 3 is 2.41 bits per heavy atom. The number of hydrogen-bond donors (Lipinski definition) is 1. The van der Waals surface area contributed by atoms with Gasteiger partial charge in [-0.3, -0.25) is 4.79 Å². The van der Waals surface area contributed by atoms with Gasteiger partial charge in [-0.15, -0.1) is 0 Å². The van der Waals surface area contributed by atoms with Crippen molar-refractivity contribution in [2.75, 3.05) is 17.5 Å². The molecule has 1 saturated heterocycles. The number of ether oxygens (including phenoxy) is 1. The van der Waals surface area contributed by atoms with Crippen LogP contribution in [0.5, 0.6) is 5.75 Å². The molecule has 224 valence electrons. The molecule has 0 bridgehead atoms. The summed E-state index contributed by atoms with van der Waals surface area (Å²) in [7, 11) is -3.96. The number of nitrogens with one attached hydrogen (secondary N) is 1. The second kappa shape index (κ2) is 12.4. The lowest BCUT2D eigenvalue weighted by atomic mass is 10.0. The van der Waals surface area contributed by atoms with Crippen molar-refractivity contribution >= 4 is 45.0 Å². The van der Waals surface area contributed by atoms with E-state index in [1.54, 1.807) is 30.3 Å². The Morgan fingerprint density at radius 1 is 0.909 bits per heavy atom. The van der Waals surface area contributed by atoms with E-state index in [2.05, 4.69) is 37.3 Å². The van der Waals surface area contributed by atoms with Crippen LogP contribution in [-0.2, 0) is 21.4 Å². The fourth-order valence-corrected chi connectivity index (χ4v) is 6.70. The summed E-state index contributed by atoms with van der Waals surface area (Å²) < 4.78 is 35.8. The molecule has 0 atom stereocenters. The Labute approximate surface area is 266 Å². The summed E-state index contributed by atoms with van der Waals surface area (Å²) >= 11 is 12.7. The third-order valence-corrected chi connectivity index (χ3v) is 9.11. The number of carbonyl (C=O) groups is 1. The van der Waals surface area contributed by atoms with Gasteiger partial charge in [-0.05, 0) is 71.6 Å². The molecule has 1 aliphatic heterocycles. The van der Waals surface area contributed by atoms with Gasteiger partial charge in [-0.2, -0.15) is 8.42 Å². The van der Waals surface area contributed by atoms with E-state index in [0.29, 0.717) is 51.5 Å². The molecule has 1 aliphatic rings. The van der Waals surface area contributed by atoms with Gasteiger partial charge in [0.15, 0.2) is 0 Å². The average Bonchev–Trinajstić information content (AvgIpc) is 3.55. The highest BCUT2D eigenvalue weighted by atomic mass is 35.5. The predicted octanol–water partition coefficient (Wildman–Crippen LogP) is 7.07. The van der Waals surface area contributed by atoms with Gasteiger partial charge in [0.1, 0.15) is 18.1 Å². The van der Waals surface area contributed by atoms with Crippen LogP contribution in [0.15, 0.2) is 97.2 Å². The minimum Gasteiger partial charge on any atom is -0.494 e. The molecule has 1 aromatic heterocycles. The Kier molecular flexibility index (Phi) is 8.35. The molecule has 1 amide bonds. The molecule has 0 saturated carbocycles. The maximum Gasteiger partial charge on any atom is 0.326 e. The van der Waals surface area contributed by atoms with Crippen molar-refractivity contribution < 1.29 is 17.9 Å². The molecule has 11 heteroatoms. The van der Waals surface area contributed by atoms with Crippen LogP contribution in [0.4, 0.5) is 5.69 Å². The highest BCUT2D eigenvalue weighted by Gasteiger charge is 2.34. The van der Waals surface area contributed by atoms with Crippen molar-refractivity contribution in [3.63, 3.8) is 0 Å². The number of anilines is 1. The second-order valence-electron chi connectivity index (χ2n) is 10.3. The minimum atomic E-state index is -3.96. The Balaban J connectivity index is 1.36. The number of aromatic nitrogens is 2. The van der Waals surface area contributed by atoms with Crippen LogP contribution < -0.4 is 13.8 Å². The summed E-state index contributed by atoms with van der Waals surface area (Å²) in [5.74, 6) is 0.972. The van der Waals surface area contributed by atoms with Crippen molar-refractivity contribution in [2.45, 2.75) is 19.8 Å². The molecule has 0 spiro atoms. The molecule has 5 aromatic rings. The lowest BCUT2D eigenvalue weighted by Crippen LogP contribution is -2.29. The maximum atomic E-state index is 12.5. The smallest absolute Gasteiger partial charge is 0.326 e. The number of imidazole rings is 1. The van der Waals surface area contributed by atoms with E-state index in [-0.39, 0.29) is 6.54 Å². The lowest BCUT2D eigenvalue weighted by molar-refractivity contribution is -0.117. The van der Waals surface area contributed by atoms with Crippen LogP contribution in [-0.4, -0.2) is 37.0 Å². The Hall–Kier alpha value is -4.31. The van der Waals surface area contributed by atoms with Crippen LogP contribution in [0.3, 0.4) is 0 Å². The summed E-state index contributed by atoms with van der Waals surface area (Å²) in [4.78, 5) is 16.8. The molecule has 0 unspecified atom stereocenters. The predicted molar refractivity (Wildman–Crippen MR) is 174 cm³/mol. The van der Waals surface area contributed by atoms with Gasteiger partial charge < -0.3 is 9.30 Å². The van der Waals surface area contributed by atoms with Gasteiger partial charge in [-0.25, -0.2) is 14.0 Å². The molecule has 4 aromatic carbocycles. The van der Waals surface area contributed by atoms with Crippen molar-refractivity contribution in [3.05, 3.63) is 119 Å². The third-order valence-electron chi connectivity index (χ3n) is 7.16. The first-order valence-electron chi connectivity index (χ1n) is 14.0. The molecule has 1 fully saturated rings. The second-order valence-corrected chi connectivity index (χ2v) is 12.8. The van der Waals surface area contributed by atoms with E-state index in [1.807, 2.05) is 45.8 Å². The van der Waals surface area contributed by atoms with E-state index < -0.39 is 16.1 Å². The third kappa shape index (κ3) is 6.31. The van der Waals surface area contributed by atoms with Crippen LogP contribution in [0.25, 0.3) is 28.1 Å². The zero-order chi connectivity index (χ0) is 30.8. The van der Waals surface area contributed by atoms with E-state index in [9.17, 15) is 13.2 Å². The van der Waals surface area contributed by atoms with Gasteiger partial charge in [0, 0.05) is 28.9 Å². The number of halogens is 2. The number of hydrogen-bond acceptors (Lipinski definition) is 5. The first-order valence-corrected chi connectivity index (χ1v) is 16.2. The standard InChI is InChI=1S/C33H28Cl2N4O4S/c1-2-15-43-28-8-3-5-24(17-28)23-11-9-22(10-12-23)16-32-36-31(29-14-13-25(34)18-30(29)35)20-38(32)26-6-4-7-27(19-26)39-21-33(40)37-44(39,41)42/h3-14,17-20H,2,15-16,21H2,1H3,(H,37,40). The summed E-state index contributed by atoms with van der Waals surface area (Å²) in [6.07, 6.45) is 3.29. The zero-order valence-corrected chi connectivity index (χ0v) is 26.0. The molecule has 0 aliphatic carbocycles. The Morgan fingerprint density at radius 2 is 1.68 bits per heavy atom. The maximum absolute atomic E-state index is 12.5. The van der Waals surface area contributed by atoms with E-state index >= 15 is 0 Å². The molecule has 8 nitrogen and oxygen atoms in total. The van der Waals surface area contributed by atoms with Gasteiger partial charge in [0.25, 0.3) is 5.91 Å². The molecule has 0 radical (unpaired) electrons. The lowest BCUT2D eigenvalue weighted by Gasteiger charge is -2.16. The van der Waals surface area contributed by atoms with Crippen LogP contribution >= 0.6 is 23.2 Å². The van der Waals surface area contributed by atoms with Crippen molar-refractivity contribution in [2.24, 2.45) is 0 Å². The molecule has 1 N–H and O–H groups in total. The van der Waals surface area contributed by atoms with Crippen LogP contribution in [0.1, 0.15) is 24.7 Å².